The molecule has 0 bridgehead atoms. The molecular weight excluding hydrogens is 590 g/mol. The molecule has 10 nitrogen and oxygen atoms in total. The number of amides is 1. The van der Waals surface area contributed by atoms with Gasteiger partial charge in [-0.2, -0.15) is 0 Å². The van der Waals surface area contributed by atoms with E-state index >= 15 is 0 Å². The van der Waals surface area contributed by atoms with Gasteiger partial charge in [0.05, 0.1) is 35.4 Å². The molecule has 0 aliphatic carbocycles. The third kappa shape index (κ3) is 7.27. The van der Waals surface area contributed by atoms with Crippen LogP contribution < -0.4 is 23.8 Å². The van der Waals surface area contributed by atoms with Crippen molar-refractivity contribution in [1.29, 1.82) is 0 Å². The molecule has 0 atom stereocenters. The van der Waals surface area contributed by atoms with Crippen molar-refractivity contribution in [3.05, 3.63) is 102 Å². The average Bonchev–Trinajstić information content (AvgIpc) is 2.97. The summed E-state index contributed by atoms with van der Waals surface area (Å²) in [5, 5.41) is 2.65. The summed E-state index contributed by atoms with van der Waals surface area (Å²) in [6.45, 7) is 4.96. The standard InChI is InChI=1S/C31H33N3O7S2/c1-21-6-12-27(13-7-21)43(38,39)34(29-19-25(40-4)11-17-30(29)41-5)20-31(35)32-24-9-14-26(15-10-24)42(36,37)33-28-16-8-22(2)18-23(28)3/h6-19,33H,20H2,1-5H3,(H,32,35). The summed E-state index contributed by atoms with van der Waals surface area (Å²) in [7, 11) is -5.28. The number of sulfonamides is 2. The zero-order valence-electron chi connectivity index (χ0n) is 24.4. The van der Waals surface area contributed by atoms with Gasteiger partial charge in [0, 0.05) is 11.8 Å². The van der Waals surface area contributed by atoms with E-state index in [2.05, 4.69) is 10.0 Å². The van der Waals surface area contributed by atoms with Crippen molar-refractivity contribution >= 4 is 43.0 Å². The molecule has 0 aliphatic rings. The largest absolute Gasteiger partial charge is 0.497 e. The summed E-state index contributed by atoms with van der Waals surface area (Å²) in [4.78, 5) is 13.2. The molecule has 0 fully saturated rings. The highest BCUT2D eigenvalue weighted by molar-refractivity contribution is 7.93. The minimum atomic E-state index is -4.23. The summed E-state index contributed by atoms with van der Waals surface area (Å²) in [5.74, 6) is -0.0775. The number of carbonyl (C=O) groups excluding carboxylic acids is 1. The second-order valence-corrected chi connectivity index (χ2v) is 13.4. The van der Waals surface area contributed by atoms with Crippen LogP contribution in [0.25, 0.3) is 0 Å². The summed E-state index contributed by atoms with van der Waals surface area (Å²) >= 11 is 0. The van der Waals surface area contributed by atoms with Gasteiger partial charge in [0.2, 0.25) is 5.91 Å². The Morgan fingerprint density at radius 1 is 0.744 bits per heavy atom. The molecule has 0 saturated carbocycles. The number of methoxy groups -OCH3 is 2. The van der Waals surface area contributed by atoms with E-state index in [-0.39, 0.29) is 26.9 Å². The lowest BCUT2D eigenvalue weighted by atomic mass is 10.1. The zero-order valence-corrected chi connectivity index (χ0v) is 26.0. The van der Waals surface area contributed by atoms with E-state index in [0.29, 0.717) is 11.4 Å². The number of nitrogens with zero attached hydrogens (tertiary/aromatic N) is 1. The van der Waals surface area contributed by atoms with Gasteiger partial charge >= 0.3 is 0 Å². The minimum Gasteiger partial charge on any atom is -0.497 e. The third-order valence-electron chi connectivity index (χ3n) is 6.63. The van der Waals surface area contributed by atoms with Crippen molar-refractivity contribution in [3.8, 4) is 11.5 Å². The van der Waals surface area contributed by atoms with Crippen LogP contribution in [0.5, 0.6) is 11.5 Å². The van der Waals surface area contributed by atoms with Gasteiger partial charge in [-0.25, -0.2) is 16.8 Å². The molecular formula is C31H33N3O7S2. The molecule has 43 heavy (non-hydrogen) atoms. The van der Waals surface area contributed by atoms with Crippen LogP contribution in [0.4, 0.5) is 17.1 Å². The molecule has 226 valence electrons. The molecule has 2 N–H and O–H groups in total. The second kappa shape index (κ2) is 12.8. The maximum Gasteiger partial charge on any atom is 0.264 e. The Labute approximate surface area is 252 Å². The predicted octanol–water partition coefficient (Wildman–Crippen LogP) is 5.26. The Kier molecular flexibility index (Phi) is 9.31. The quantitative estimate of drug-likeness (QED) is 0.233. The smallest absolute Gasteiger partial charge is 0.264 e. The molecule has 0 aliphatic heterocycles. The van der Waals surface area contributed by atoms with Crippen molar-refractivity contribution in [2.24, 2.45) is 0 Å². The Hall–Kier alpha value is -4.55. The second-order valence-electron chi connectivity index (χ2n) is 9.86. The number of hydrogen-bond acceptors (Lipinski definition) is 7. The van der Waals surface area contributed by atoms with Gasteiger partial charge in [0.1, 0.15) is 18.0 Å². The molecule has 4 aromatic rings. The maximum absolute atomic E-state index is 13.8. The lowest BCUT2D eigenvalue weighted by Crippen LogP contribution is -2.38. The molecule has 0 saturated heterocycles. The fourth-order valence-electron chi connectivity index (χ4n) is 4.31. The molecule has 12 heteroatoms. The Balaban J connectivity index is 1.59. The minimum absolute atomic E-state index is 0.00448. The van der Waals surface area contributed by atoms with Gasteiger partial charge < -0.3 is 14.8 Å². The molecule has 0 unspecified atom stereocenters. The van der Waals surface area contributed by atoms with Crippen LogP contribution in [0.1, 0.15) is 16.7 Å². The van der Waals surface area contributed by atoms with Crippen LogP contribution in [0, 0.1) is 20.8 Å². The summed E-state index contributed by atoms with van der Waals surface area (Å²) in [6.07, 6.45) is 0. The van der Waals surface area contributed by atoms with Crippen LogP contribution in [0.2, 0.25) is 0 Å². The number of rotatable bonds is 11. The van der Waals surface area contributed by atoms with Gasteiger partial charge in [-0.3, -0.25) is 13.8 Å². The molecule has 4 rings (SSSR count). The highest BCUT2D eigenvalue weighted by Gasteiger charge is 2.30. The van der Waals surface area contributed by atoms with Gasteiger partial charge in [0.25, 0.3) is 20.0 Å². The fourth-order valence-corrected chi connectivity index (χ4v) is 6.86. The number of anilines is 3. The summed E-state index contributed by atoms with van der Waals surface area (Å²) in [5.41, 5.74) is 3.51. The highest BCUT2D eigenvalue weighted by atomic mass is 32.2. The molecule has 4 aromatic carbocycles. The fraction of sp³-hybridized carbons (Fsp3) is 0.194. The van der Waals surface area contributed by atoms with Gasteiger partial charge in [0.15, 0.2) is 0 Å². The first-order chi connectivity index (χ1) is 20.3. The van der Waals surface area contributed by atoms with Gasteiger partial charge in [-0.15, -0.1) is 0 Å². The Morgan fingerprint density at radius 2 is 1.37 bits per heavy atom. The lowest BCUT2D eigenvalue weighted by Gasteiger charge is -2.26. The molecule has 1 amide bonds. The van der Waals surface area contributed by atoms with Crippen LogP contribution in [0.15, 0.2) is 94.7 Å². The van der Waals surface area contributed by atoms with E-state index < -0.39 is 32.5 Å². The van der Waals surface area contributed by atoms with E-state index in [0.717, 1.165) is 21.0 Å². The maximum atomic E-state index is 13.8. The summed E-state index contributed by atoms with van der Waals surface area (Å²) < 4.78 is 67.8. The van der Waals surface area contributed by atoms with E-state index in [9.17, 15) is 21.6 Å². The first-order valence-electron chi connectivity index (χ1n) is 13.2. The highest BCUT2D eigenvalue weighted by Crippen LogP contribution is 2.36. The predicted molar refractivity (Wildman–Crippen MR) is 167 cm³/mol. The number of aryl methyl sites for hydroxylation is 3. The van der Waals surface area contributed by atoms with Gasteiger partial charge in [-0.05, 0) is 80.9 Å². The molecule has 0 radical (unpaired) electrons. The third-order valence-corrected chi connectivity index (χ3v) is 9.78. The van der Waals surface area contributed by atoms with Crippen molar-refractivity contribution < 1.29 is 31.1 Å². The first kappa shape index (κ1) is 31.4. The molecule has 0 heterocycles. The monoisotopic (exact) mass is 623 g/mol. The van der Waals surface area contributed by atoms with Crippen molar-refractivity contribution in [2.45, 2.75) is 30.6 Å². The molecule has 0 spiro atoms. The van der Waals surface area contributed by atoms with E-state index in [1.807, 2.05) is 32.9 Å². The SMILES string of the molecule is COc1ccc(OC)c(N(CC(=O)Nc2ccc(S(=O)(=O)Nc3ccc(C)cc3C)cc2)S(=O)(=O)c2ccc(C)cc2)c1. The zero-order chi connectivity index (χ0) is 31.4. The number of ether oxygens (including phenoxy) is 2. The Morgan fingerprint density at radius 3 is 1.98 bits per heavy atom. The van der Waals surface area contributed by atoms with Crippen LogP contribution in [-0.2, 0) is 24.8 Å². The number of nitrogens with one attached hydrogen (secondary N) is 2. The first-order valence-corrected chi connectivity index (χ1v) is 16.1. The topological polar surface area (TPSA) is 131 Å². The number of hydrogen-bond donors (Lipinski definition) is 2. The van der Waals surface area contributed by atoms with Crippen LogP contribution >= 0.6 is 0 Å². The Bertz CT molecular complexity index is 1840. The van der Waals surface area contributed by atoms with Crippen molar-refractivity contribution in [2.75, 3.05) is 35.1 Å². The van der Waals surface area contributed by atoms with E-state index in [1.165, 1.54) is 56.7 Å². The van der Waals surface area contributed by atoms with Crippen molar-refractivity contribution in [1.82, 2.24) is 0 Å². The van der Waals surface area contributed by atoms with E-state index in [1.54, 1.807) is 30.3 Å². The summed E-state index contributed by atoms with van der Waals surface area (Å²) in [6, 6.07) is 21.9. The average molecular weight is 624 g/mol. The lowest BCUT2D eigenvalue weighted by molar-refractivity contribution is -0.114. The molecule has 0 aromatic heterocycles. The van der Waals surface area contributed by atoms with Crippen LogP contribution in [-0.4, -0.2) is 43.5 Å². The number of benzene rings is 4. The number of carbonyl (C=O) groups is 1. The van der Waals surface area contributed by atoms with E-state index in [4.69, 9.17) is 9.47 Å². The normalized spacial score (nSPS) is 11.5. The van der Waals surface area contributed by atoms with Crippen LogP contribution in [0.3, 0.4) is 0 Å². The van der Waals surface area contributed by atoms with Gasteiger partial charge in [-0.1, -0.05) is 35.4 Å². The van der Waals surface area contributed by atoms with Crippen molar-refractivity contribution in [3.63, 3.8) is 0 Å².